The molecular weight excluding hydrogens is 322 g/mol. The van der Waals surface area contributed by atoms with Crippen molar-refractivity contribution in [2.45, 2.75) is 55.7 Å². The predicted molar refractivity (Wildman–Crippen MR) is 94.3 cm³/mol. The number of hydrogen-bond donors (Lipinski definition) is 1. The Hall–Kier alpha value is -1.88. The molecule has 1 aromatic heterocycles. The molecular formula is C19H23NO3S. The van der Waals surface area contributed by atoms with Gasteiger partial charge < -0.3 is 9.73 Å². The van der Waals surface area contributed by atoms with Gasteiger partial charge in [0.2, 0.25) is 0 Å². The zero-order valence-corrected chi connectivity index (χ0v) is 14.7. The topological polar surface area (TPSA) is 59.3 Å². The van der Waals surface area contributed by atoms with Crippen molar-refractivity contribution in [2.75, 3.05) is 0 Å². The fraction of sp³-hybridized carbons (Fsp3) is 0.421. The third-order valence-corrected chi connectivity index (χ3v) is 5.73. The Labute approximate surface area is 145 Å². The molecule has 1 aromatic carbocycles. The van der Waals surface area contributed by atoms with E-state index in [4.69, 9.17) is 4.42 Å². The Morgan fingerprint density at radius 1 is 1.12 bits per heavy atom. The van der Waals surface area contributed by atoms with Crippen LogP contribution in [0.5, 0.6) is 0 Å². The number of furan rings is 1. The Morgan fingerprint density at radius 3 is 2.54 bits per heavy atom. The molecule has 0 radical (unpaired) electrons. The van der Waals surface area contributed by atoms with Crippen LogP contribution >= 0.6 is 0 Å². The van der Waals surface area contributed by atoms with Crippen molar-refractivity contribution in [2.24, 2.45) is 0 Å². The summed E-state index contributed by atoms with van der Waals surface area (Å²) in [6.07, 6.45) is 5.67. The summed E-state index contributed by atoms with van der Waals surface area (Å²) >= 11 is 0. The molecule has 1 saturated carbocycles. The molecule has 0 bridgehead atoms. The van der Waals surface area contributed by atoms with Crippen LogP contribution in [0.4, 0.5) is 0 Å². The average molecular weight is 345 g/mol. The molecule has 128 valence electrons. The summed E-state index contributed by atoms with van der Waals surface area (Å²) in [6.45, 7) is 2.00. The molecule has 1 amide bonds. The third kappa shape index (κ3) is 4.35. The lowest BCUT2D eigenvalue weighted by atomic mass is 9.95. The first-order valence-corrected chi connectivity index (χ1v) is 9.78. The van der Waals surface area contributed by atoms with Crippen LogP contribution in [-0.2, 0) is 16.6 Å². The molecule has 0 spiro atoms. The van der Waals surface area contributed by atoms with Crippen LogP contribution in [0.15, 0.2) is 45.7 Å². The zero-order valence-electron chi connectivity index (χ0n) is 13.9. The second-order valence-electron chi connectivity index (χ2n) is 6.38. The molecule has 3 rings (SSSR count). The summed E-state index contributed by atoms with van der Waals surface area (Å²) in [5.74, 6) is 0.980. The van der Waals surface area contributed by atoms with Gasteiger partial charge in [-0.25, -0.2) is 0 Å². The number of aryl methyl sites for hydroxylation is 1. The van der Waals surface area contributed by atoms with Gasteiger partial charge in [-0.05, 0) is 44.0 Å². The summed E-state index contributed by atoms with van der Waals surface area (Å²) < 4.78 is 18.0. The molecule has 4 nitrogen and oxygen atoms in total. The summed E-state index contributed by atoms with van der Waals surface area (Å²) in [5, 5.41) is 3.03. The van der Waals surface area contributed by atoms with E-state index in [1.165, 1.54) is 19.3 Å². The van der Waals surface area contributed by atoms with E-state index in [2.05, 4.69) is 5.32 Å². The van der Waals surface area contributed by atoms with Gasteiger partial charge in [-0.1, -0.05) is 37.0 Å². The number of rotatable bonds is 5. The van der Waals surface area contributed by atoms with Gasteiger partial charge in [0.15, 0.2) is 5.76 Å². The smallest absolute Gasteiger partial charge is 0.287 e. The molecule has 1 fully saturated rings. The Morgan fingerprint density at radius 2 is 1.83 bits per heavy atom. The highest BCUT2D eigenvalue weighted by Crippen LogP contribution is 2.19. The number of nitrogens with one attached hydrogen (secondary N) is 1. The van der Waals surface area contributed by atoms with Gasteiger partial charge in [-0.15, -0.1) is 0 Å². The highest BCUT2D eigenvalue weighted by atomic mass is 32.2. The van der Waals surface area contributed by atoms with E-state index in [-0.39, 0.29) is 17.7 Å². The van der Waals surface area contributed by atoms with Crippen molar-refractivity contribution in [3.63, 3.8) is 0 Å². The van der Waals surface area contributed by atoms with Gasteiger partial charge in [0.25, 0.3) is 5.91 Å². The number of hydrogen-bond acceptors (Lipinski definition) is 3. The zero-order chi connectivity index (χ0) is 16.9. The minimum Gasteiger partial charge on any atom is -0.455 e. The molecule has 1 aliphatic carbocycles. The van der Waals surface area contributed by atoms with Crippen molar-refractivity contribution in [1.82, 2.24) is 5.32 Å². The monoisotopic (exact) mass is 345 g/mol. The van der Waals surface area contributed by atoms with E-state index < -0.39 is 10.8 Å². The molecule has 1 unspecified atom stereocenters. The van der Waals surface area contributed by atoms with E-state index >= 15 is 0 Å². The number of amides is 1. The van der Waals surface area contributed by atoms with Crippen LogP contribution < -0.4 is 5.32 Å². The number of carbonyl (C=O) groups is 1. The van der Waals surface area contributed by atoms with Crippen molar-refractivity contribution in [1.29, 1.82) is 0 Å². The molecule has 0 saturated heterocycles. The van der Waals surface area contributed by atoms with Crippen LogP contribution in [-0.4, -0.2) is 16.2 Å². The normalized spacial score (nSPS) is 16.7. The first kappa shape index (κ1) is 17.0. The minimum absolute atomic E-state index is 0.172. The SMILES string of the molecule is Cc1ccc(S(=O)Cc2ccc(C(=O)NC3CCCCC3)o2)cc1. The molecule has 0 aliphatic heterocycles. The first-order chi connectivity index (χ1) is 11.6. The van der Waals surface area contributed by atoms with Crippen molar-refractivity contribution < 1.29 is 13.4 Å². The lowest BCUT2D eigenvalue weighted by Gasteiger charge is -2.22. The molecule has 1 aliphatic rings. The van der Waals surface area contributed by atoms with E-state index in [1.54, 1.807) is 12.1 Å². The van der Waals surface area contributed by atoms with E-state index in [0.29, 0.717) is 11.5 Å². The van der Waals surface area contributed by atoms with Gasteiger partial charge in [-0.3, -0.25) is 9.00 Å². The van der Waals surface area contributed by atoms with Gasteiger partial charge in [0.05, 0.1) is 16.6 Å². The van der Waals surface area contributed by atoms with Crippen LogP contribution in [0.2, 0.25) is 0 Å². The summed E-state index contributed by atoms with van der Waals surface area (Å²) in [7, 11) is -1.17. The number of carbonyl (C=O) groups excluding carboxylic acids is 1. The van der Waals surface area contributed by atoms with Crippen LogP contribution in [0.3, 0.4) is 0 Å². The first-order valence-electron chi connectivity index (χ1n) is 8.46. The predicted octanol–water partition coefficient (Wildman–Crippen LogP) is 3.96. The van der Waals surface area contributed by atoms with Gasteiger partial charge in [-0.2, -0.15) is 0 Å². The van der Waals surface area contributed by atoms with E-state index in [9.17, 15) is 9.00 Å². The quantitative estimate of drug-likeness (QED) is 0.892. The van der Waals surface area contributed by atoms with Gasteiger partial charge in [0.1, 0.15) is 5.76 Å². The largest absolute Gasteiger partial charge is 0.455 e. The minimum atomic E-state index is -1.17. The molecule has 1 N–H and O–H groups in total. The lowest BCUT2D eigenvalue weighted by Crippen LogP contribution is -2.35. The second kappa shape index (κ2) is 7.79. The summed E-state index contributed by atoms with van der Waals surface area (Å²) in [5.41, 5.74) is 1.13. The van der Waals surface area contributed by atoms with Gasteiger partial charge in [0, 0.05) is 10.9 Å². The molecule has 1 heterocycles. The molecule has 24 heavy (non-hydrogen) atoms. The summed E-state index contributed by atoms with van der Waals surface area (Å²) in [4.78, 5) is 13.0. The van der Waals surface area contributed by atoms with Crippen LogP contribution in [0.25, 0.3) is 0 Å². The number of benzene rings is 1. The fourth-order valence-corrected chi connectivity index (χ4v) is 4.00. The maximum Gasteiger partial charge on any atom is 0.287 e. The van der Waals surface area contributed by atoms with Crippen LogP contribution in [0.1, 0.15) is 54.0 Å². The highest BCUT2D eigenvalue weighted by Gasteiger charge is 2.19. The Bertz CT molecular complexity index is 714. The molecule has 2 aromatic rings. The fourth-order valence-electron chi connectivity index (χ4n) is 2.98. The maximum atomic E-state index is 12.4. The van der Waals surface area contributed by atoms with Crippen molar-refractivity contribution >= 4 is 16.7 Å². The lowest BCUT2D eigenvalue weighted by molar-refractivity contribution is 0.0898. The Kier molecular flexibility index (Phi) is 5.51. The second-order valence-corrected chi connectivity index (χ2v) is 7.83. The van der Waals surface area contributed by atoms with E-state index in [1.807, 2.05) is 31.2 Å². The van der Waals surface area contributed by atoms with Crippen LogP contribution in [0, 0.1) is 6.92 Å². The highest BCUT2D eigenvalue weighted by molar-refractivity contribution is 7.84. The van der Waals surface area contributed by atoms with E-state index in [0.717, 1.165) is 23.3 Å². The average Bonchev–Trinajstić information content (AvgIpc) is 3.05. The standard InChI is InChI=1S/C19H23NO3S/c1-14-7-10-17(11-8-14)24(22)13-16-9-12-18(23-16)19(21)20-15-5-3-2-4-6-15/h7-12,15H,2-6,13H2,1H3,(H,20,21). The van der Waals surface area contributed by atoms with Crippen molar-refractivity contribution in [3.8, 4) is 0 Å². The molecule has 5 heteroatoms. The van der Waals surface area contributed by atoms with Crippen molar-refractivity contribution in [3.05, 3.63) is 53.5 Å². The summed E-state index contributed by atoms with van der Waals surface area (Å²) in [6, 6.07) is 11.3. The maximum absolute atomic E-state index is 12.4. The van der Waals surface area contributed by atoms with Gasteiger partial charge >= 0.3 is 0 Å². The Balaban J connectivity index is 1.59. The third-order valence-electron chi connectivity index (χ3n) is 4.38. The molecule has 1 atom stereocenters.